The second-order valence-electron chi connectivity index (χ2n) is 3.45. The van der Waals surface area contributed by atoms with Crippen molar-refractivity contribution in [2.45, 2.75) is 26.1 Å². The molecule has 0 radical (unpaired) electrons. The van der Waals surface area contributed by atoms with Crippen LogP contribution in [0.15, 0.2) is 12.4 Å². The third-order valence-electron chi connectivity index (χ3n) is 1.91. The van der Waals surface area contributed by atoms with Gasteiger partial charge in [-0.2, -0.15) is 18.3 Å². The number of nitrogens with zero attached hydrogens (tertiary/aromatic N) is 2. The fraction of sp³-hybridized carbons (Fsp3) is 0.500. The van der Waals surface area contributed by atoms with Gasteiger partial charge in [0, 0.05) is 6.20 Å². The molecule has 8 heteroatoms. The van der Waals surface area contributed by atoms with E-state index in [1.165, 1.54) is 0 Å². The number of ketones is 1. The number of rotatable bonds is 5. The first-order chi connectivity index (χ1) is 8.31. The molecule has 0 fully saturated rings. The van der Waals surface area contributed by atoms with Crippen LogP contribution >= 0.6 is 0 Å². The molecule has 1 aromatic heterocycles. The third-order valence-corrected chi connectivity index (χ3v) is 1.91. The van der Waals surface area contributed by atoms with Gasteiger partial charge in [-0.05, 0) is 6.92 Å². The van der Waals surface area contributed by atoms with Crippen molar-refractivity contribution in [1.29, 1.82) is 0 Å². The number of carbonyl (C=O) groups is 2. The van der Waals surface area contributed by atoms with Crippen LogP contribution in [0.25, 0.3) is 0 Å². The Morgan fingerprint density at radius 1 is 1.44 bits per heavy atom. The Bertz CT molecular complexity index is 440. The average molecular weight is 264 g/mol. The molecule has 1 rings (SSSR count). The molecule has 5 nitrogen and oxygen atoms in total. The zero-order valence-corrected chi connectivity index (χ0v) is 9.53. The lowest BCUT2D eigenvalue weighted by Gasteiger charge is -2.04. The van der Waals surface area contributed by atoms with Crippen LogP contribution < -0.4 is 0 Å². The summed E-state index contributed by atoms with van der Waals surface area (Å²) in [4.78, 5) is 22.5. The molecule has 0 spiro atoms. The Morgan fingerprint density at radius 3 is 2.67 bits per heavy atom. The highest BCUT2D eigenvalue weighted by atomic mass is 19.4. The van der Waals surface area contributed by atoms with E-state index >= 15 is 0 Å². The van der Waals surface area contributed by atoms with Crippen molar-refractivity contribution in [3.05, 3.63) is 18.0 Å². The Kier molecular flexibility index (Phi) is 4.46. The summed E-state index contributed by atoms with van der Waals surface area (Å²) in [5, 5.41) is 3.40. The number of carbonyl (C=O) groups excluding carboxylic acids is 2. The molecule has 18 heavy (non-hydrogen) atoms. The van der Waals surface area contributed by atoms with Crippen molar-refractivity contribution >= 4 is 11.8 Å². The monoisotopic (exact) mass is 264 g/mol. The fourth-order valence-electron chi connectivity index (χ4n) is 1.22. The first kappa shape index (κ1) is 14.2. The normalized spacial score (nSPS) is 11.3. The van der Waals surface area contributed by atoms with Gasteiger partial charge in [-0.15, -0.1) is 0 Å². The highest BCUT2D eigenvalue weighted by molar-refractivity contribution is 6.05. The minimum absolute atomic E-state index is 0.0488. The topological polar surface area (TPSA) is 61.2 Å². The van der Waals surface area contributed by atoms with Gasteiger partial charge in [0.2, 0.25) is 0 Å². The summed E-state index contributed by atoms with van der Waals surface area (Å²) in [6, 6.07) is 0. The molecule has 100 valence electrons. The van der Waals surface area contributed by atoms with Gasteiger partial charge in [-0.1, -0.05) is 0 Å². The highest BCUT2D eigenvalue weighted by Gasteiger charge is 2.28. The van der Waals surface area contributed by atoms with Crippen LogP contribution in [0, 0.1) is 0 Å². The minimum Gasteiger partial charge on any atom is -0.466 e. The predicted molar refractivity (Wildman–Crippen MR) is 53.9 cm³/mol. The zero-order valence-electron chi connectivity index (χ0n) is 9.53. The SMILES string of the molecule is CCOC(=O)CC(=O)c1cnn(CC(F)(F)F)c1. The zero-order chi connectivity index (χ0) is 13.8. The third kappa shape index (κ3) is 4.56. The Balaban J connectivity index is 2.62. The maximum Gasteiger partial charge on any atom is 0.408 e. The van der Waals surface area contributed by atoms with E-state index in [0.29, 0.717) is 4.68 Å². The quantitative estimate of drug-likeness (QED) is 0.460. The Labute approximate surface area is 101 Å². The summed E-state index contributed by atoms with van der Waals surface area (Å²) in [6.45, 7) is 0.447. The maximum atomic E-state index is 12.0. The number of alkyl halides is 3. The number of ether oxygens (including phenoxy) is 1. The maximum absolute atomic E-state index is 12.0. The number of aromatic nitrogens is 2. The smallest absolute Gasteiger partial charge is 0.408 e. The number of hydrogen-bond acceptors (Lipinski definition) is 4. The van der Waals surface area contributed by atoms with E-state index in [4.69, 9.17) is 0 Å². The van der Waals surface area contributed by atoms with Crippen molar-refractivity contribution in [3.63, 3.8) is 0 Å². The standard InChI is InChI=1S/C10H11F3N2O3/c1-2-18-9(17)3-8(16)7-4-14-15(5-7)6-10(11,12)13/h4-5H,2-3,6H2,1H3. The number of Topliss-reactive ketones (excluding diaryl/α,β-unsaturated/α-hetero) is 1. The number of hydrogen-bond donors (Lipinski definition) is 0. The molecular weight excluding hydrogens is 253 g/mol. The lowest BCUT2D eigenvalue weighted by atomic mass is 10.2. The molecule has 1 heterocycles. The molecule has 0 unspecified atom stereocenters. The van der Waals surface area contributed by atoms with Crippen molar-refractivity contribution in [2.24, 2.45) is 0 Å². The predicted octanol–water partition coefficient (Wildman–Crippen LogP) is 1.58. The Hall–Kier alpha value is -1.86. The lowest BCUT2D eigenvalue weighted by Crippen LogP contribution is -2.18. The van der Waals surface area contributed by atoms with Crippen molar-refractivity contribution in [2.75, 3.05) is 6.61 Å². The van der Waals surface area contributed by atoms with Gasteiger partial charge < -0.3 is 4.74 Å². The first-order valence-electron chi connectivity index (χ1n) is 5.10. The van der Waals surface area contributed by atoms with Crippen LogP contribution in [0.4, 0.5) is 13.2 Å². The minimum atomic E-state index is -4.41. The van der Waals surface area contributed by atoms with Gasteiger partial charge in [0.15, 0.2) is 5.78 Å². The van der Waals surface area contributed by atoms with Crippen molar-refractivity contribution < 1.29 is 27.5 Å². The summed E-state index contributed by atoms with van der Waals surface area (Å²) >= 11 is 0. The molecule has 0 amide bonds. The highest BCUT2D eigenvalue weighted by Crippen LogP contribution is 2.17. The van der Waals surface area contributed by atoms with Crippen molar-refractivity contribution in [3.8, 4) is 0 Å². The summed E-state index contributed by atoms with van der Waals surface area (Å²) < 4.78 is 41.3. The van der Waals surface area contributed by atoms with Gasteiger partial charge in [-0.3, -0.25) is 14.3 Å². The van der Waals surface area contributed by atoms with E-state index in [-0.39, 0.29) is 12.2 Å². The summed E-state index contributed by atoms with van der Waals surface area (Å²) in [7, 11) is 0. The first-order valence-corrected chi connectivity index (χ1v) is 5.10. The van der Waals surface area contributed by atoms with E-state index in [2.05, 4.69) is 9.84 Å². The molecule has 0 saturated carbocycles. The van der Waals surface area contributed by atoms with E-state index in [0.717, 1.165) is 12.4 Å². The van der Waals surface area contributed by atoms with Gasteiger partial charge in [-0.25, -0.2) is 0 Å². The average Bonchev–Trinajstić information content (AvgIpc) is 2.63. The van der Waals surface area contributed by atoms with Crippen molar-refractivity contribution in [1.82, 2.24) is 9.78 Å². The van der Waals surface area contributed by atoms with E-state index in [9.17, 15) is 22.8 Å². The summed E-state index contributed by atoms with van der Waals surface area (Å²) in [5.74, 6) is -1.34. The number of esters is 1. The second-order valence-corrected chi connectivity index (χ2v) is 3.45. The van der Waals surface area contributed by atoms with Crippen LogP contribution in [0.5, 0.6) is 0 Å². The molecule has 0 saturated heterocycles. The summed E-state index contributed by atoms with van der Waals surface area (Å²) in [6.07, 6.45) is -2.97. The van der Waals surface area contributed by atoms with Gasteiger partial charge in [0.05, 0.1) is 18.4 Å². The molecule has 0 aliphatic carbocycles. The van der Waals surface area contributed by atoms with Crippen LogP contribution in [-0.2, 0) is 16.1 Å². The fourth-order valence-corrected chi connectivity index (χ4v) is 1.22. The molecular formula is C10H11F3N2O3. The molecule has 0 aromatic carbocycles. The van der Waals surface area contributed by atoms with Crippen LogP contribution in [0.3, 0.4) is 0 Å². The second kappa shape index (κ2) is 5.65. The van der Waals surface area contributed by atoms with Gasteiger partial charge >= 0.3 is 12.1 Å². The van der Waals surface area contributed by atoms with Gasteiger partial charge in [0.1, 0.15) is 13.0 Å². The summed E-state index contributed by atoms with van der Waals surface area (Å²) in [5.41, 5.74) is -0.0488. The van der Waals surface area contributed by atoms with Crippen LogP contribution in [-0.4, -0.2) is 34.3 Å². The van der Waals surface area contributed by atoms with Gasteiger partial charge in [0.25, 0.3) is 0 Å². The molecule has 0 aliphatic rings. The molecule has 0 atom stereocenters. The Morgan fingerprint density at radius 2 is 2.11 bits per heavy atom. The van der Waals surface area contributed by atoms with E-state index in [1.807, 2.05) is 0 Å². The van der Waals surface area contributed by atoms with E-state index < -0.39 is 30.9 Å². The molecule has 0 bridgehead atoms. The number of halogens is 3. The molecule has 1 aromatic rings. The molecule has 0 aliphatic heterocycles. The lowest BCUT2D eigenvalue weighted by molar-refractivity contribution is -0.143. The van der Waals surface area contributed by atoms with Crippen LogP contribution in [0.2, 0.25) is 0 Å². The molecule has 0 N–H and O–H groups in total. The van der Waals surface area contributed by atoms with E-state index in [1.54, 1.807) is 6.92 Å². The largest absolute Gasteiger partial charge is 0.466 e. The van der Waals surface area contributed by atoms with Crippen LogP contribution in [0.1, 0.15) is 23.7 Å².